The van der Waals surface area contributed by atoms with E-state index in [-0.39, 0.29) is 5.91 Å². The molecule has 1 saturated heterocycles. The Morgan fingerprint density at radius 2 is 1.76 bits per heavy atom. The Kier molecular flexibility index (Phi) is 5.65. The fraction of sp³-hybridized carbons (Fsp3) is 0.167. The highest BCUT2D eigenvalue weighted by Crippen LogP contribution is 2.52. The molecule has 0 saturated carbocycles. The molecule has 9 heteroatoms. The topological polar surface area (TPSA) is 53.6 Å². The van der Waals surface area contributed by atoms with Crippen LogP contribution in [0, 0.1) is 5.92 Å². The van der Waals surface area contributed by atoms with Gasteiger partial charge in [-0.3, -0.25) is 9.69 Å². The summed E-state index contributed by atoms with van der Waals surface area (Å²) >= 11 is 24.6. The molecule has 2 bridgehead atoms. The molecule has 0 unspecified atom stereocenters. The van der Waals surface area contributed by atoms with Crippen molar-refractivity contribution in [2.75, 3.05) is 10.2 Å². The van der Waals surface area contributed by atoms with E-state index in [1.165, 1.54) is 0 Å². The van der Waals surface area contributed by atoms with Gasteiger partial charge in [-0.1, -0.05) is 53.0 Å². The van der Waals surface area contributed by atoms with Crippen molar-refractivity contribution >= 4 is 69.4 Å². The van der Waals surface area contributed by atoms with Crippen molar-refractivity contribution in [1.82, 2.24) is 5.32 Å². The molecule has 1 fully saturated rings. The molecule has 5 rings (SSSR count). The van der Waals surface area contributed by atoms with Gasteiger partial charge in [-0.15, -0.1) is 0 Å². The highest BCUT2D eigenvalue weighted by molar-refractivity contribution is 7.80. The van der Waals surface area contributed by atoms with Crippen molar-refractivity contribution in [2.24, 2.45) is 5.92 Å². The zero-order valence-electron chi connectivity index (χ0n) is 17.3. The highest BCUT2D eigenvalue weighted by Gasteiger charge is 2.59. The molecule has 3 aromatic rings. The van der Waals surface area contributed by atoms with Crippen LogP contribution in [0.2, 0.25) is 15.1 Å². The van der Waals surface area contributed by atoms with Crippen LogP contribution in [0.25, 0.3) is 0 Å². The van der Waals surface area contributed by atoms with Gasteiger partial charge >= 0.3 is 0 Å². The van der Waals surface area contributed by atoms with Crippen molar-refractivity contribution in [1.29, 1.82) is 0 Å². The van der Waals surface area contributed by atoms with Crippen molar-refractivity contribution in [2.45, 2.75) is 18.7 Å². The van der Waals surface area contributed by atoms with Gasteiger partial charge in [-0.25, -0.2) is 0 Å². The standard InChI is InChI=1S/C24H18Cl3N3O2S/c1-24-19(22(31)28-15-9-7-13(25)8-10-15)20(17-11-14(26)12-18(27)21(17)32-24)29-23(33)30(24)16-5-3-2-4-6-16/h2-12,19-20H,1H3,(H,28,31)(H,29,33)/t19-,20-,24+/m1/s1. The van der Waals surface area contributed by atoms with Gasteiger partial charge in [-0.05, 0) is 67.7 Å². The van der Waals surface area contributed by atoms with Crippen LogP contribution < -0.4 is 20.3 Å². The van der Waals surface area contributed by atoms with E-state index >= 15 is 0 Å². The van der Waals surface area contributed by atoms with E-state index in [1.807, 2.05) is 42.2 Å². The Bertz CT molecular complexity index is 1260. The van der Waals surface area contributed by atoms with E-state index < -0.39 is 17.7 Å². The van der Waals surface area contributed by atoms with Crippen LogP contribution >= 0.6 is 47.0 Å². The minimum absolute atomic E-state index is 0.248. The monoisotopic (exact) mass is 517 g/mol. The summed E-state index contributed by atoms with van der Waals surface area (Å²) in [6.45, 7) is 1.85. The first-order valence-electron chi connectivity index (χ1n) is 10.2. The van der Waals surface area contributed by atoms with E-state index in [9.17, 15) is 4.79 Å². The summed E-state index contributed by atoms with van der Waals surface area (Å²) in [5.74, 6) is -0.482. The van der Waals surface area contributed by atoms with E-state index in [0.717, 1.165) is 5.69 Å². The number of rotatable bonds is 3. The fourth-order valence-corrected chi connectivity index (χ4v) is 5.61. The third-order valence-electron chi connectivity index (χ3n) is 5.93. The molecular formula is C24H18Cl3N3O2S. The molecule has 0 aromatic heterocycles. The highest BCUT2D eigenvalue weighted by atomic mass is 35.5. The molecule has 5 nitrogen and oxygen atoms in total. The second-order valence-corrected chi connectivity index (χ2v) is 9.70. The summed E-state index contributed by atoms with van der Waals surface area (Å²) < 4.78 is 6.53. The lowest BCUT2D eigenvalue weighted by Crippen LogP contribution is -2.72. The zero-order chi connectivity index (χ0) is 23.3. The fourth-order valence-electron chi connectivity index (χ4n) is 4.52. The number of hydrogen-bond donors (Lipinski definition) is 2. The summed E-state index contributed by atoms with van der Waals surface area (Å²) in [6, 6.07) is 19.3. The number of fused-ring (bicyclic) bond motifs is 4. The zero-order valence-corrected chi connectivity index (χ0v) is 20.4. The maximum Gasteiger partial charge on any atom is 0.236 e. The SMILES string of the molecule is C[C@@]12Oc3c(Cl)cc(Cl)cc3[C@@H](NC(=S)N1c1ccccc1)[C@@H]2C(=O)Nc1ccc(Cl)cc1. The maximum atomic E-state index is 13.7. The normalized spacial score (nSPS) is 23.3. The Balaban J connectivity index is 1.64. The third kappa shape index (κ3) is 3.81. The Hall–Kier alpha value is -2.51. The molecule has 3 atom stereocenters. The lowest BCUT2D eigenvalue weighted by molar-refractivity contribution is -0.130. The number of thiocarbonyl (C=S) groups is 1. The van der Waals surface area contributed by atoms with E-state index in [1.54, 1.807) is 36.4 Å². The number of hydrogen-bond acceptors (Lipinski definition) is 3. The second kappa shape index (κ2) is 8.37. The number of carbonyl (C=O) groups is 1. The van der Waals surface area contributed by atoms with Crippen LogP contribution in [0.15, 0.2) is 66.7 Å². The molecule has 2 heterocycles. The van der Waals surface area contributed by atoms with Gasteiger partial charge in [0, 0.05) is 27.0 Å². The molecule has 3 aromatic carbocycles. The Morgan fingerprint density at radius 3 is 2.45 bits per heavy atom. The van der Waals surface area contributed by atoms with Gasteiger partial charge in [-0.2, -0.15) is 0 Å². The van der Waals surface area contributed by atoms with Gasteiger partial charge in [0.15, 0.2) is 10.8 Å². The van der Waals surface area contributed by atoms with Crippen LogP contribution in [-0.2, 0) is 4.79 Å². The number of amides is 1. The van der Waals surface area contributed by atoms with Crippen LogP contribution in [-0.4, -0.2) is 16.7 Å². The van der Waals surface area contributed by atoms with Gasteiger partial charge in [0.1, 0.15) is 11.7 Å². The number of nitrogens with one attached hydrogen (secondary N) is 2. The molecule has 33 heavy (non-hydrogen) atoms. The molecule has 2 aliphatic heterocycles. The predicted octanol–water partition coefficient (Wildman–Crippen LogP) is 6.45. The largest absolute Gasteiger partial charge is 0.465 e. The number of carbonyl (C=O) groups excluding carboxylic acids is 1. The molecule has 0 radical (unpaired) electrons. The quantitative estimate of drug-likeness (QED) is 0.391. The summed E-state index contributed by atoms with van der Waals surface area (Å²) in [4.78, 5) is 15.6. The van der Waals surface area contributed by atoms with Crippen molar-refractivity contribution in [3.8, 4) is 5.75 Å². The molecule has 2 N–H and O–H groups in total. The van der Waals surface area contributed by atoms with Crippen molar-refractivity contribution in [3.05, 3.63) is 87.4 Å². The van der Waals surface area contributed by atoms with Gasteiger partial charge in [0.25, 0.3) is 0 Å². The number of benzene rings is 3. The number of nitrogens with zero attached hydrogens (tertiary/aromatic N) is 1. The summed E-state index contributed by atoms with van der Waals surface area (Å²) in [5.41, 5.74) is 0.912. The van der Waals surface area contributed by atoms with Gasteiger partial charge in [0.2, 0.25) is 5.91 Å². The minimum Gasteiger partial charge on any atom is -0.465 e. The molecular weight excluding hydrogens is 501 g/mol. The van der Waals surface area contributed by atoms with E-state index in [0.29, 0.717) is 37.2 Å². The Labute approximate surface area is 211 Å². The van der Waals surface area contributed by atoms with E-state index in [4.69, 9.17) is 51.8 Å². The average molecular weight is 519 g/mol. The van der Waals surface area contributed by atoms with Crippen LogP contribution in [0.1, 0.15) is 18.5 Å². The Morgan fingerprint density at radius 1 is 1.06 bits per heavy atom. The van der Waals surface area contributed by atoms with Crippen molar-refractivity contribution < 1.29 is 9.53 Å². The first kappa shape index (κ1) is 22.3. The molecule has 1 amide bonds. The summed E-state index contributed by atoms with van der Waals surface area (Å²) in [6.07, 6.45) is 0. The number of ether oxygens (including phenoxy) is 1. The number of halogens is 3. The maximum absolute atomic E-state index is 13.7. The minimum atomic E-state index is -1.17. The molecule has 168 valence electrons. The van der Waals surface area contributed by atoms with Crippen LogP contribution in [0.3, 0.4) is 0 Å². The summed E-state index contributed by atoms with van der Waals surface area (Å²) in [5, 5.41) is 8.15. The van der Waals surface area contributed by atoms with Crippen LogP contribution in [0.4, 0.5) is 11.4 Å². The van der Waals surface area contributed by atoms with E-state index in [2.05, 4.69) is 10.6 Å². The smallest absolute Gasteiger partial charge is 0.236 e. The lowest BCUT2D eigenvalue weighted by atomic mass is 9.78. The molecule has 0 spiro atoms. The second-order valence-electron chi connectivity index (χ2n) is 8.03. The van der Waals surface area contributed by atoms with Crippen LogP contribution in [0.5, 0.6) is 5.75 Å². The number of anilines is 2. The third-order valence-corrected chi connectivity index (χ3v) is 6.98. The van der Waals surface area contributed by atoms with Gasteiger partial charge < -0.3 is 15.4 Å². The first-order chi connectivity index (χ1) is 15.8. The first-order valence-corrected chi connectivity index (χ1v) is 11.7. The predicted molar refractivity (Wildman–Crippen MR) is 136 cm³/mol. The lowest BCUT2D eigenvalue weighted by Gasteiger charge is -2.56. The van der Waals surface area contributed by atoms with Crippen molar-refractivity contribution in [3.63, 3.8) is 0 Å². The molecule has 2 aliphatic rings. The average Bonchev–Trinajstić information content (AvgIpc) is 2.76. The summed E-state index contributed by atoms with van der Waals surface area (Å²) in [7, 11) is 0. The number of para-hydroxylation sites is 1. The van der Waals surface area contributed by atoms with Gasteiger partial charge in [0.05, 0.1) is 11.1 Å². The molecule has 0 aliphatic carbocycles.